The minimum Gasteiger partial charge on any atom is -0.467 e. The summed E-state index contributed by atoms with van der Waals surface area (Å²) in [5.41, 5.74) is 0.532. The van der Waals surface area contributed by atoms with Crippen molar-refractivity contribution in [1.29, 1.82) is 0 Å². The maximum absolute atomic E-state index is 12.0. The van der Waals surface area contributed by atoms with Crippen molar-refractivity contribution in [3.05, 3.63) is 29.3 Å². The molecule has 1 unspecified atom stereocenters. The van der Waals surface area contributed by atoms with Gasteiger partial charge in [-0.1, -0.05) is 6.07 Å². The molecule has 2 rings (SSSR count). The summed E-state index contributed by atoms with van der Waals surface area (Å²) in [5.74, 6) is -0.388. The third-order valence-electron chi connectivity index (χ3n) is 3.34. The van der Waals surface area contributed by atoms with Crippen molar-refractivity contribution in [2.75, 3.05) is 7.11 Å². The lowest BCUT2D eigenvalue weighted by atomic mass is 10.0. The van der Waals surface area contributed by atoms with Crippen LogP contribution >= 0.6 is 7.82 Å². The van der Waals surface area contributed by atoms with Crippen LogP contribution < -0.4 is 9.84 Å². The molecule has 1 aromatic rings. The molecule has 0 bridgehead atoms. The fraction of sp³-hybridized carbons (Fsp3) is 0.500. The standard InChI is InChI=1S/C16H22NO8P/c1-16(2,3)24-15(19)17-12(14(18)22-4)8-10-5-6-13-11(7-10)9-23-26(20,21)25-13/h5-7,12H,8-9H2,1-4H3,(H,17,19)(H,20,21)/t12-/m0/s1. The predicted molar refractivity (Wildman–Crippen MR) is 90.6 cm³/mol. The molecule has 1 aliphatic heterocycles. The van der Waals surface area contributed by atoms with Gasteiger partial charge in [0.15, 0.2) is 0 Å². The van der Waals surface area contributed by atoms with E-state index in [1.54, 1.807) is 32.9 Å². The van der Waals surface area contributed by atoms with E-state index in [0.29, 0.717) is 11.1 Å². The molecular weight excluding hydrogens is 365 g/mol. The molecule has 2 atom stereocenters. The third-order valence-corrected chi connectivity index (χ3v) is 4.22. The third kappa shape index (κ3) is 5.72. The number of carbonyl (C=O) groups excluding carboxylic acids is 2. The molecule has 26 heavy (non-hydrogen) atoms. The summed E-state index contributed by atoms with van der Waals surface area (Å²) >= 11 is 0. The number of carbonyl (C=O) groups is 2. The summed E-state index contributed by atoms with van der Waals surface area (Å²) in [6.45, 7) is 5.04. The van der Waals surface area contributed by atoms with Crippen LogP contribution in [0.1, 0.15) is 31.9 Å². The van der Waals surface area contributed by atoms with E-state index in [-0.39, 0.29) is 18.8 Å². The monoisotopic (exact) mass is 387 g/mol. The molecule has 10 heteroatoms. The zero-order valence-electron chi connectivity index (χ0n) is 15.0. The summed E-state index contributed by atoms with van der Waals surface area (Å²) in [6, 6.07) is 3.85. The second kappa shape index (κ2) is 7.65. The van der Waals surface area contributed by atoms with Gasteiger partial charge in [0.05, 0.1) is 13.7 Å². The summed E-state index contributed by atoms with van der Waals surface area (Å²) in [7, 11) is -2.85. The molecule has 1 heterocycles. The topological polar surface area (TPSA) is 120 Å². The number of rotatable bonds is 4. The summed E-state index contributed by atoms with van der Waals surface area (Å²) in [5, 5.41) is 2.48. The lowest BCUT2D eigenvalue weighted by molar-refractivity contribution is -0.143. The largest absolute Gasteiger partial charge is 0.527 e. The highest BCUT2D eigenvalue weighted by molar-refractivity contribution is 7.47. The van der Waals surface area contributed by atoms with Gasteiger partial charge in [0.25, 0.3) is 0 Å². The highest BCUT2D eigenvalue weighted by Crippen LogP contribution is 2.49. The predicted octanol–water partition coefficient (Wildman–Crippen LogP) is 2.30. The number of methoxy groups -OCH3 is 1. The van der Waals surface area contributed by atoms with Gasteiger partial charge in [-0.15, -0.1) is 0 Å². The second-order valence-electron chi connectivity index (χ2n) is 6.70. The molecular formula is C16H22NO8P. The van der Waals surface area contributed by atoms with Gasteiger partial charge in [0.1, 0.15) is 17.4 Å². The van der Waals surface area contributed by atoms with E-state index in [4.69, 9.17) is 18.5 Å². The maximum Gasteiger partial charge on any atom is 0.527 e. The molecule has 0 fully saturated rings. The van der Waals surface area contributed by atoms with Gasteiger partial charge >= 0.3 is 19.9 Å². The first-order valence-corrected chi connectivity index (χ1v) is 9.35. The molecule has 0 aromatic heterocycles. The normalized spacial score (nSPS) is 20.3. The van der Waals surface area contributed by atoms with Gasteiger partial charge in [0.2, 0.25) is 0 Å². The number of benzene rings is 1. The van der Waals surface area contributed by atoms with Gasteiger partial charge in [0, 0.05) is 12.0 Å². The van der Waals surface area contributed by atoms with Gasteiger partial charge in [-0.3, -0.25) is 9.42 Å². The van der Waals surface area contributed by atoms with Crippen molar-refractivity contribution in [3.63, 3.8) is 0 Å². The number of alkyl carbamates (subject to hydrolysis) is 1. The molecule has 0 spiro atoms. The summed E-state index contributed by atoms with van der Waals surface area (Å²) in [4.78, 5) is 33.2. The Bertz CT molecular complexity index is 742. The van der Waals surface area contributed by atoms with E-state index in [0.717, 1.165) is 0 Å². The van der Waals surface area contributed by atoms with E-state index in [1.165, 1.54) is 13.2 Å². The van der Waals surface area contributed by atoms with Crippen molar-refractivity contribution in [1.82, 2.24) is 5.32 Å². The van der Waals surface area contributed by atoms with Crippen LogP contribution in [-0.2, 0) is 36.4 Å². The molecule has 1 aliphatic rings. The first-order valence-electron chi connectivity index (χ1n) is 7.85. The minimum absolute atomic E-state index is 0.0979. The van der Waals surface area contributed by atoms with Crippen LogP contribution in [0, 0.1) is 0 Å². The zero-order chi connectivity index (χ0) is 19.5. The van der Waals surface area contributed by atoms with Crippen LogP contribution in [0.15, 0.2) is 18.2 Å². The van der Waals surface area contributed by atoms with E-state index in [9.17, 15) is 19.0 Å². The van der Waals surface area contributed by atoms with Crippen LogP contribution in [0.2, 0.25) is 0 Å². The molecule has 0 radical (unpaired) electrons. The Morgan fingerprint density at radius 1 is 1.38 bits per heavy atom. The number of hydrogen-bond acceptors (Lipinski definition) is 7. The Morgan fingerprint density at radius 2 is 2.08 bits per heavy atom. The number of ether oxygens (including phenoxy) is 2. The molecule has 0 saturated carbocycles. The molecule has 1 amide bonds. The van der Waals surface area contributed by atoms with E-state index in [2.05, 4.69) is 5.32 Å². The van der Waals surface area contributed by atoms with Crippen molar-refractivity contribution >= 4 is 19.9 Å². The molecule has 144 valence electrons. The lowest BCUT2D eigenvalue weighted by Crippen LogP contribution is -2.45. The van der Waals surface area contributed by atoms with Gasteiger partial charge in [-0.25, -0.2) is 14.2 Å². The zero-order valence-corrected chi connectivity index (χ0v) is 15.9. The number of phosphoric ester groups is 1. The number of nitrogens with one attached hydrogen (secondary N) is 1. The lowest BCUT2D eigenvalue weighted by Gasteiger charge is -2.24. The fourth-order valence-electron chi connectivity index (χ4n) is 2.28. The van der Waals surface area contributed by atoms with Crippen molar-refractivity contribution in [3.8, 4) is 5.75 Å². The number of hydrogen-bond donors (Lipinski definition) is 2. The first kappa shape index (κ1) is 20.2. The van der Waals surface area contributed by atoms with Crippen LogP contribution in [0.25, 0.3) is 0 Å². The number of amides is 1. The highest BCUT2D eigenvalue weighted by atomic mass is 31.2. The second-order valence-corrected chi connectivity index (χ2v) is 8.08. The minimum atomic E-state index is -4.07. The molecule has 1 aromatic carbocycles. The highest BCUT2D eigenvalue weighted by Gasteiger charge is 2.30. The summed E-state index contributed by atoms with van der Waals surface area (Å²) < 4.78 is 30.9. The van der Waals surface area contributed by atoms with Crippen molar-refractivity contribution in [2.45, 2.75) is 45.4 Å². The maximum atomic E-state index is 12.0. The van der Waals surface area contributed by atoms with Gasteiger partial charge in [-0.2, -0.15) is 0 Å². The number of phosphoric acid groups is 1. The molecule has 2 N–H and O–H groups in total. The van der Waals surface area contributed by atoms with E-state index >= 15 is 0 Å². The quantitative estimate of drug-likeness (QED) is 0.596. The Balaban J connectivity index is 2.12. The first-order chi connectivity index (χ1) is 12.0. The average Bonchev–Trinajstić information content (AvgIpc) is 2.51. The average molecular weight is 387 g/mol. The van der Waals surface area contributed by atoms with Crippen LogP contribution in [-0.4, -0.2) is 35.7 Å². The Hall–Kier alpha value is -2.09. The van der Waals surface area contributed by atoms with Gasteiger partial charge in [-0.05, 0) is 38.5 Å². The Morgan fingerprint density at radius 3 is 2.69 bits per heavy atom. The summed E-state index contributed by atoms with van der Waals surface area (Å²) in [6.07, 6.45) is -0.602. The number of esters is 1. The smallest absolute Gasteiger partial charge is 0.467 e. The van der Waals surface area contributed by atoms with E-state index < -0.39 is 31.5 Å². The Kier molecular flexibility index (Phi) is 5.95. The van der Waals surface area contributed by atoms with Crippen LogP contribution in [0.5, 0.6) is 5.75 Å². The van der Waals surface area contributed by atoms with E-state index in [1.807, 2.05) is 0 Å². The number of fused-ring (bicyclic) bond motifs is 1. The SMILES string of the molecule is COC(=O)[C@H](Cc1ccc2c(c1)COP(=O)(O)O2)NC(=O)OC(C)(C)C. The van der Waals surface area contributed by atoms with Crippen molar-refractivity contribution in [2.24, 2.45) is 0 Å². The van der Waals surface area contributed by atoms with Crippen LogP contribution in [0.3, 0.4) is 0 Å². The molecule has 0 aliphatic carbocycles. The molecule has 9 nitrogen and oxygen atoms in total. The van der Waals surface area contributed by atoms with Crippen LogP contribution in [0.4, 0.5) is 4.79 Å². The van der Waals surface area contributed by atoms with Crippen molar-refractivity contribution < 1.29 is 37.6 Å². The van der Waals surface area contributed by atoms with Gasteiger partial charge < -0.3 is 19.3 Å². The fourth-order valence-corrected chi connectivity index (χ4v) is 3.07. The molecule has 0 saturated heterocycles. The Labute approximate surface area is 151 Å².